The first-order chi connectivity index (χ1) is 12.1. The van der Waals surface area contributed by atoms with Crippen molar-refractivity contribution in [3.63, 3.8) is 0 Å². The first kappa shape index (κ1) is 16.0. The molecule has 0 unspecified atom stereocenters. The average molecular weight is 371 g/mol. The number of fused-ring (bicyclic) bond motifs is 1. The van der Waals surface area contributed by atoms with Crippen LogP contribution in [0.3, 0.4) is 0 Å². The molecule has 0 N–H and O–H groups in total. The van der Waals surface area contributed by atoms with Gasteiger partial charge in [0.15, 0.2) is 0 Å². The van der Waals surface area contributed by atoms with Crippen LogP contribution in [0.15, 0.2) is 44.9 Å². The lowest BCUT2D eigenvalue weighted by atomic mass is 10.4. The van der Waals surface area contributed by atoms with Gasteiger partial charge in [0.05, 0.1) is 16.4 Å². The third kappa shape index (κ3) is 3.20. The van der Waals surface area contributed by atoms with Crippen LogP contribution in [0.1, 0.15) is 16.4 Å². The Morgan fingerprint density at radius 1 is 1.24 bits per heavy atom. The third-order valence-corrected chi connectivity index (χ3v) is 5.38. The highest BCUT2D eigenvalue weighted by atomic mass is 32.2. The molecule has 0 bridgehead atoms. The highest BCUT2D eigenvalue weighted by molar-refractivity contribution is 7.98. The second-order valence-electron chi connectivity index (χ2n) is 5.32. The van der Waals surface area contributed by atoms with Crippen molar-refractivity contribution in [2.45, 2.75) is 24.8 Å². The Kier molecular flexibility index (Phi) is 4.10. The Balaban J connectivity index is 1.54. The largest absolute Gasteiger partial charge is 0.410 e. The van der Waals surface area contributed by atoms with Crippen molar-refractivity contribution >= 4 is 28.7 Å². The minimum Gasteiger partial charge on any atom is -0.410 e. The molecule has 0 aliphatic carbocycles. The van der Waals surface area contributed by atoms with Gasteiger partial charge in [-0.1, -0.05) is 17.8 Å². The molecule has 126 valence electrons. The maximum absolute atomic E-state index is 12.1. The van der Waals surface area contributed by atoms with Crippen molar-refractivity contribution in [2.24, 2.45) is 0 Å². The lowest BCUT2D eigenvalue weighted by molar-refractivity contribution is 0.466. The zero-order valence-electron chi connectivity index (χ0n) is 13.5. The van der Waals surface area contributed by atoms with Gasteiger partial charge in [0, 0.05) is 18.0 Å². The molecule has 0 fully saturated rings. The van der Waals surface area contributed by atoms with E-state index in [9.17, 15) is 4.79 Å². The predicted octanol–water partition coefficient (Wildman–Crippen LogP) is 3.11. The SMILES string of the molecule is Cc1nc(C)c(-c2nnc(SCc3cc(=O)n4ccccc4n3)o2)s1. The molecule has 0 spiro atoms. The summed E-state index contributed by atoms with van der Waals surface area (Å²) in [5.41, 5.74) is 2.06. The molecular formula is C16H13N5O2S2. The summed E-state index contributed by atoms with van der Waals surface area (Å²) in [7, 11) is 0. The van der Waals surface area contributed by atoms with E-state index >= 15 is 0 Å². The van der Waals surface area contributed by atoms with Crippen LogP contribution in [0.2, 0.25) is 0 Å². The summed E-state index contributed by atoms with van der Waals surface area (Å²) in [4.78, 5) is 21.8. The Bertz CT molecular complexity index is 1120. The van der Waals surface area contributed by atoms with E-state index in [1.807, 2.05) is 19.9 Å². The highest BCUT2D eigenvalue weighted by Crippen LogP contribution is 2.31. The smallest absolute Gasteiger partial charge is 0.277 e. The zero-order valence-corrected chi connectivity index (χ0v) is 15.1. The van der Waals surface area contributed by atoms with Gasteiger partial charge in [-0.05, 0) is 26.0 Å². The molecule has 0 atom stereocenters. The summed E-state index contributed by atoms with van der Waals surface area (Å²) < 4.78 is 7.21. The van der Waals surface area contributed by atoms with E-state index in [1.165, 1.54) is 33.6 Å². The van der Waals surface area contributed by atoms with E-state index in [4.69, 9.17) is 4.42 Å². The summed E-state index contributed by atoms with van der Waals surface area (Å²) in [5, 5.41) is 9.54. The van der Waals surface area contributed by atoms with Gasteiger partial charge in [0.1, 0.15) is 10.5 Å². The predicted molar refractivity (Wildman–Crippen MR) is 95.9 cm³/mol. The van der Waals surface area contributed by atoms with Crippen molar-refractivity contribution in [1.82, 2.24) is 24.6 Å². The second kappa shape index (κ2) is 6.41. The molecule has 4 aromatic rings. The Hall–Kier alpha value is -2.52. The minimum absolute atomic E-state index is 0.108. The maximum atomic E-state index is 12.1. The van der Waals surface area contributed by atoms with E-state index in [-0.39, 0.29) is 5.56 Å². The Morgan fingerprint density at radius 2 is 2.12 bits per heavy atom. The number of thiazole rings is 1. The molecule has 0 aliphatic heterocycles. The van der Waals surface area contributed by atoms with Gasteiger partial charge < -0.3 is 4.42 Å². The summed E-state index contributed by atoms with van der Waals surface area (Å²) in [6.07, 6.45) is 1.70. The van der Waals surface area contributed by atoms with Gasteiger partial charge in [0.25, 0.3) is 16.7 Å². The van der Waals surface area contributed by atoms with Crippen LogP contribution < -0.4 is 5.56 Å². The molecule has 0 saturated heterocycles. The Morgan fingerprint density at radius 3 is 2.92 bits per heavy atom. The third-order valence-electron chi connectivity index (χ3n) is 3.47. The van der Waals surface area contributed by atoms with Gasteiger partial charge in [-0.3, -0.25) is 9.20 Å². The van der Waals surface area contributed by atoms with E-state index in [0.29, 0.717) is 28.2 Å². The molecule has 25 heavy (non-hydrogen) atoms. The molecule has 0 saturated carbocycles. The lowest BCUT2D eigenvalue weighted by Crippen LogP contribution is -2.14. The maximum Gasteiger partial charge on any atom is 0.277 e. The monoisotopic (exact) mass is 371 g/mol. The number of rotatable bonds is 4. The van der Waals surface area contributed by atoms with Crippen molar-refractivity contribution in [3.8, 4) is 10.8 Å². The van der Waals surface area contributed by atoms with Crippen LogP contribution in [0.4, 0.5) is 0 Å². The summed E-state index contributed by atoms with van der Waals surface area (Å²) in [5.74, 6) is 0.945. The molecule has 0 aromatic carbocycles. The van der Waals surface area contributed by atoms with Crippen LogP contribution in [0.5, 0.6) is 0 Å². The van der Waals surface area contributed by atoms with Gasteiger partial charge in [0.2, 0.25) is 0 Å². The van der Waals surface area contributed by atoms with Crippen LogP contribution in [0, 0.1) is 13.8 Å². The van der Waals surface area contributed by atoms with Crippen LogP contribution in [-0.4, -0.2) is 24.6 Å². The number of hydrogen-bond acceptors (Lipinski definition) is 8. The number of aryl methyl sites for hydroxylation is 2. The van der Waals surface area contributed by atoms with Crippen molar-refractivity contribution in [1.29, 1.82) is 0 Å². The molecule has 9 heteroatoms. The van der Waals surface area contributed by atoms with Crippen LogP contribution >= 0.6 is 23.1 Å². The topological polar surface area (TPSA) is 86.2 Å². The van der Waals surface area contributed by atoms with E-state index < -0.39 is 0 Å². The summed E-state index contributed by atoms with van der Waals surface area (Å²) >= 11 is 2.88. The van der Waals surface area contributed by atoms with Crippen molar-refractivity contribution in [3.05, 3.63) is 57.2 Å². The molecule has 4 rings (SSSR count). The van der Waals surface area contributed by atoms with Crippen molar-refractivity contribution in [2.75, 3.05) is 0 Å². The van der Waals surface area contributed by atoms with E-state index in [2.05, 4.69) is 20.2 Å². The Labute approximate surface area is 150 Å². The van der Waals surface area contributed by atoms with Crippen LogP contribution in [0.25, 0.3) is 16.4 Å². The first-order valence-corrected chi connectivity index (χ1v) is 9.28. The number of nitrogens with zero attached hydrogens (tertiary/aromatic N) is 5. The lowest BCUT2D eigenvalue weighted by Gasteiger charge is -2.02. The van der Waals surface area contributed by atoms with Gasteiger partial charge in [-0.15, -0.1) is 21.5 Å². The standard InChI is InChI=1S/C16H13N5O2S2/c1-9-14(25-10(2)17-9)15-19-20-16(23-15)24-8-11-7-13(22)21-6-4-3-5-12(21)18-11/h3-7H,8H2,1-2H3. The van der Waals surface area contributed by atoms with Crippen LogP contribution in [-0.2, 0) is 5.75 Å². The highest BCUT2D eigenvalue weighted by Gasteiger charge is 2.15. The minimum atomic E-state index is -0.108. The average Bonchev–Trinajstić information content (AvgIpc) is 3.19. The van der Waals surface area contributed by atoms with Gasteiger partial charge in [-0.25, -0.2) is 9.97 Å². The molecule has 7 nitrogen and oxygen atoms in total. The molecule has 4 heterocycles. The molecule has 0 amide bonds. The van der Waals surface area contributed by atoms with E-state index in [1.54, 1.807) is 18.3 Å². The van der Waals surface area contributed by atoms with Gasteiger partial charge in [-0.2, -0.15) is 0 Å². The normalized spacial score (nSPS) is 11.3. The fourth-order valence-corrected chi connectivity index (χ4v) is 3.90. The van der Waals surface area contributed by atoms with E-state index in [0.717, 1.165) is 15.6 Å². The van der Waals surface area contributed by atoms with Gasteiger partial charge >= 0.3 is 0 Å². The summed E-state index contributed by atoms with van der Waals surface area (Å²) in [6.45, 7) is 3.86. The first-order valence-electron chi connectivity index (χ1n) is 7.48. The zero-order chi connectivity index (χ0) is 17.4. The summed E-state index contributed by atoms with van der Waals surface area (Å²) in [6, 6.07) is 6.97. The molecular weight excluding hydrogens is 358 g/mol. The quantitative estimate of drug-likeness (QED) is 0.509. The fraction of sp³-hybridized carbons (Fsp3) is 0.188. The number of pyridine rings is 1. The molecule has 4 aromatic heterocycles. The van der Waals surface area contributed by atoms with Crippen molar-refractivity contribution < 1.29 is 4.42 Å². The molecule has 0 radical (unpaired) electrons. The fourth-order valence-electron chi connectivity index (χ4n) is 2.40. The second-order valence-corrected chi connectivity index (χ2v) is 7.45. The molecule has 0 aliphatic rings. The number of thioether (sulfide) groups is 1. The number of hydrogen-bond donors (Lipinski definition) is 0. The number of aromatic nitrogens is 5.